The molecule has 0 aliphatic carbocycles. The second kappa shape index (κ2) is 5.56. The normalized spacial score (nSPS) is 26.1. The molecule has 2 fully saturated rings. The van der Waals surface area contributed by atoms with Gasteiger partial charge in [-0.15, -0.1) is 0 Å². The molecule has 0 spiro atoms. The lowest BCUT2D eigenvalue weighted by molar-refractivity contribution is -0.132. The molecule has 20 heavy (non-hydrogen) atoms. The zero-order valence-corrected chi connectivity index (χ0v) is 12.4. The fraction of sp³-hybridized carbons (Fsp3) is 0.733. The molecule has 1 aromatic rings. The van der Waals surface area contributed by atoms with E-state index in [1.165, 1.54) is 0 Å². The van der Waals surface area contributed by atoms with E-state index in [0.29, 0.717) is 18.5 Å². The smallest absolute Gasteiger partial charge is 0.227 e. The summed E-state index contributed by atoms with van der Waals surface area (Å²) in [7, 11) is 0. The van der Waals surface area contributed by atoms with Crippen LogP contribution >= 0.6 is 0 Å². The van der Waals surface area contributed by atoms with E-state index in [4.69, 9.17) is 0 Å². The Morgan fingerprint density at radius 3 is 3.00 bits per heavy atom. The van der Waals surface area contributed by atoms with Crippen molar-refractivity contribution in [2.24, 2.45) is 5.92 Å². The Morgan fingerprint density at radius 2 is 2.30 bits per heavy atom. The van der Waals surface area contributed by atoms with Crippen LogP contribution < -0.4 is 5.32 Å². The first kappa shape index (κ1) is 13.6. The fourth-order valence-electron chi connectivity index (χ4n) is 3.43. The number of nitrogens with zero attached hydrogens (tertiary/aromatic N) is 3. The maximum atomic E-state index is 12.5. The van der Waals surface area contributed by atoms with Crippen molar-refractivity contribution in [1.29, 1.82) is 0 Å². The topological polar surface area (TPSA) is 50.2 Å². The third-order valence-electron chi connectivity index (χ3n) is 4.56. The lowest BCUT2D eigenvalue weighted by Crippen LogP contribution is -2.41. The number of piperidine rings is 1. The highest BCUT2D eigenvalue weighted by Crippen LogP contribution is 2.27. The Balaban J connectivity index is 1.74. The van der Waals surface area contributed by atoms with Gasteiger partial charge in [-0.3, -0.25) is 9.48 Å². The van der Waals surface area contributed by atoms with Gasteiger partial charge in [0.1, 0.15) is 0 Å². The third kappa shape index (κ3) is 2.35. The first-order valence-electron chi connectivity index (χ1n) is 7.80. The van der Waals surface area contributed by atoms with Crippen molar-refractivity contribution in [1.82, 2.24) is 20.0 Å². The minimum atomic E-state index is 0.201. The molecule has 2 aliphatic heterocycles. The quantitative estimate of drug-likeness (QED) is 0.898. The molecule has 110 valence electrons. The van der Waals surface area contributed by atoms with Crippen LogP contribution in [0.1, 0.15) is 38.1 Å². The Kier molecular flexibility index (Phi) is 3.78. The van der Waals surface area contributed by atoms with Crippen LogP contribution in [-0.2, 0) is 24.3 Å². The van der Waals surface area contributed by atoms with E-state index in [0.717, 1.165) is 50.3 Å². The monoisotopic (exact) mass is 276 g/mol. The van der Waals surface area contributed by atoms with Crippen LogP contribution in [0.25, 0.3) is 0 Å². The van der Waals surface area contributed by atoms with Gasteiger partial charge in [-0.1, -0.05) is 6.92 Å². The van der Waals surface area contributed by atoms with Gasteiger partial charge in [-0.2, -0.15) is 5.10 Å². The molecule has 5 heteroatoms. The largest absolute Gasteiger partial charge is 0.335 e. The number of rotatable bonds is 4. The van der Waals surface area contributed by atoms with E-state index in [9.17, 15) is 4.79 Å². The highest BCUT2D eigenvalue weighted by atomic mass is 16.2. The molecular weight excluding hydrogens is 252 g/mol. The Morgan fingerprint density at radius 1 is 1.45 bits per heavy atom. The number of carbonyl (C=O) groups is 1. The standard InChI is InChI=1S/C15H24N4O/c1-3-11-8-12(19(4-2)17-11)9-18-10-14-13(15(18)20)6-5-7-16-14/h8,13-14,16H,3-7,9-10H2,1-2H3. The van der Waals surface area contributed by atoms with E-state index in [1.807, 2.05) is 9.58 Å². The van der Waals surface area contributed by atoms with Crippen LogP contribution in [0.2, 0.25) is 0 Å². The van der Waals surface area contributed by atoms with Crippen LogP contribution in [0.5, 0.6) is 0 Å². The molecule has 0 saturated carbocycles. The molecule has 0 radical (unpaired) electrons. The van der Waals surface area contributed by atoms with Crippen molar-refractivity contribution in [3.8, 4) is 0 Å². The van der Waals surface area contributed by atoms with E-state index < -0.39 is 0 Å². The second-order valence-electron chi connectivity index (χ2n) is 5.82. The van der Waals surface area contributed by atoms with Gasteiger partial charge >= 0.3 is 0 Å². The van der Waals surface area contributed by atoms with Crippen LogP contribution in [0.3, 0.4) is 0 Å². The molecule has 1 aromatic heterocycles. The third-order valence-corrected chi connectivity index (χ3v) is 4.56. The van der Waals surface area contributed by atoms with Crippen LogP contribution in [0.15, 0.2) is 6.07 Å². The molecule has 0 bridgehead atoms. The summed E-state index contributed by atoms with van der Waals surface area (Å²) in [6.45, 7) is 7.68. The van der Waals surface area contributed by atoms with Crippen molar-refractivity contribution in [3.63, 3.8) is 0 Å². The van der Waals surface area contributed by atoms with E-state index >= 15 is 0 Å². The molecule has 3 heterocycles. The maximum Gasteiger partial charge on any atom is 0.227 e. The van der Waals surface area contributed by atoms with Gasteiger partial charge in [0.2, 0.25) is 5.91 Å². The van der Waals surface area contributed by atoms with Gasteiger partial charge in [0.15, 0.2) is 0 Å². The summed E-state index contributed by atoms with van der Waals surface area (Å²) in [4.78, 5) is 14.5. The fourth-order valence-corrected chi connectivity index (χ4v) is 3.43. The van der Waals surface area contributed by atoms with Crippen LogP contribution in [0.4, 0.5) is 0 Å². The Bertz CT molecular complexity index is 496. The maximum absolute atomic E-state index is 12.5. The number of fused-ring (bicyclic) bond motifs is 1. The summed E-state index contributed by atoms with van der Waals surface area (Å²) < 4.78 is 2.03. The van der Waals surface area contributed by atoms with Crippen molar-refractivity contribution in [2.75, 3.05) is 13.1 Å². The molecule has 2 atom stereocenters. The number of aromatic nitrogens is 2. The number of likely N-dealkylation sites (tertiary alicyclic amines) is 1. The molecule has 0 aromatic carbocycles. The molecular formula is C15H24N4O. The lowest BCUT2D eigenvalue weighted by Gasteiger charge is -2.23. The molecule has 2 saturated heterocycles. The minimum Gasteiger partial charge on any atom is -0.335 e. The molecule has 2 unspecified atom stereocenters. The number of amides is 1. The zero-order valence-electron chi connectivity index (χ0n) is 12.4. The average molecular weight is 276 g/mol. The van der Waals surface area contributed by atoms with Crippen molar-refractivity contribution < 1.29 is 4.79 Å². The van der Waals surface area contributed by atoms with Crippen LogP contribution in [-0.4, -0.2) is 39.7 Å². The van der Waals surface area contributed by atoms with E-state index in [-0.39, 0.29) is 5.92 Å². The predicted octanol–water partition coefficient (Wildman–Crippen LogP) is 1.18. The van der Waals surface area contributed by atoms with Crippen molar-refractivity contribution in [3.05, 3.63) is 17.5 Å². The summed E-state index contributed by atoms with van der Waals surface area (Å²) >= 11 is 0. The highest BCUT2D eigenvalue weighted by Gasteiger charge is 2.41. The Hall–Kier alpha value is -1.36. The zero-order chi connectivity index (χ0) is 14.1. The first-order valence-corrected chi connectivity index (χ1v) is 7.80. The minimum absolute atomic E-state index is 0.201. The summed E-state index contributed by atoms with van der Waals surface area (Å²) in [5.74, 6) is 0.525. The van der Waals surface area contributed by atoms with E-state index in [2.05, 4.69) is 30.3 Å². The molecule has 3 rings (SSSR count). The predicted molar refractivity (Wildman–Crippen MR) is 77.2 cm³/mol. The van der Waals surface area contributed by atoms with E-state index in [1.54, 1.807) is 0 Å². The number of nitrogens with one attached hydrogen (secondary N) is 1. The molecule has 2 aliphatic rings. The number of hydrogen-bond donors (Lipinski definition) is 1. The average Bonchev–Trinajstić information content (AvgIpc) is 3.01. The summed E-state index contributed by atoms with van der Waals surface area (Å²) in [5.41, 5.74) is 2.28. The van der Waals surface area contributed by atoms with Crippen molar-refractivity contribution in [2.45, 2.75) is 52.2 Å². The van der Waals surface area contributed by atoms with Crippen molar-refractivity contribution >= 4 is 5.91 Å². The lowest BCUT2D eigenvalue weighted by atomic mass is 9.94. The molecule has 1 amide bonds. The van der Waals surface area contributed by atoms with Crippen LogP contribution in [0, 0.1) is 5.92 Å². The van der Waals surface area contributed by atoms with Gasteiger partial charge in [0.05, 0.1) is 23.9 Å². The Labute approximate surface area is 120 Å². The number of hydrogen-bond acceptors (Lipinski definition) is 3. The van der Waals surface area contributed by atoms with Gasteiger partial charge < -0.3 is 10.2 Å². The first-order chi connectivity index (χ1) is 9.72. The molecule has 1 N–H and O–H groups in total. The summed E-state index contributed by atoms with van der Waals surface area (Å²) in [6.07, 6.45) is 3.11. The summed E-state index contributed by atoms with van der Waals surface area (Å²) in [6, 6.07) is 2.51. The number of aryl methyl sites for hydroxylation is 2. The summed E-state index contributed by atoms with van der Waals surface area (Å²) in [5, 5.41) is 8.06. The molecule has 5 nitrogen and oxygen atoms in total. The SMILES string of the molecule is CCc1cc(CN2CC3NCCCC3C2=O)n(CC)n1. The van der Waals surface area contributed by atoms with Gasteiger partial charge in [0, 0.05) is 19.1 Å². The highest BCUT2D eigenvalue weighted by molar-refractivity contribution is 5.82. The second-order valence-corrected chi connectivity index (χ2v) is 5.82. The number of carbonyl (C=O) groups excluding carboxylic acids is 1. The van der Waals surface area contributed by atoms with Gasteiger partial charge in [0.25, 0.3) is 0 Å². The van der Waals surface area contributed by atoms with Gasteiger partial charge in [-0.05, 0) is 38.8 Å². The van der Waals surface area contributed by atoms with Gasteiger partial charge in [-0.25, -0.2) is 0 Å².